The minimum atomic E-state index is -0.120. The summed E-state index contributed by atoms with van der Waals surface area (Å²) in [5.41, 5.74) is 9.67. The first-order valence-electron chi connectivity index (χ1n) is 7.74. The van der Waals surface area contributed by atoms with Crippen LogP contribution in [-0.4, -0.2) is 31.4 Å². The molecule has 3 heterocycles. The van der Waals surface area contributed by atoms with E-state index in [-0.39, 0.29) is 11.7 Å². The molecule has 0 fully saturated rings. The van der Waals surface area contributed by atoms with Crippen LogP contribution in [0.2, 0.25) is 0 Å². The Bertz CT molecular complexity index is 975. The second-order valence-electron chi connectivity index (χ2n) is 5.86. The van der Waals surface area contributed by atoms with Crippen LogP contribution < -0.4 is 11.1 Å². The van der Waals surface area contributed by atoms with Crippen LogP contribution in [0.5, 0.6) is 0 Å². The Morgan fingerprint density at radius 1 is 1.28 bits per heavy atom. The van der Waals surface area contributed by atoms with Gasteiger partial charge < -0.3 is 11.1 Å². The summed E-state index contributed by atoms with van der Waals surface area (Å²) in [4.78, 5) is 23.2. The SMILES string of the molecule is Cc1nn(C)c(C)c1NC(=O)CSc1nc(N)c2c(C)c(C)sc2n1. The summed E-state index contributed by atoms with van der Waals surface area (Å²) >= 11 is 2.87. The number of amides is 1. The van der Waals surface area contributed by atoms with E-state index in [1.54, 1.807) is 16.0 Å². The van der Waals surface area contributed by atoms with Crippen molar-refractivity contribution in [3.8, 4) is 0 Å². The highest BCUT2D eigenvalue weighted by molar-refractivity contribution is 7.99. The number of thioether (sulfide) groups is 1. The number of nitrogen functional groups attached to an aromatic ring is 1. The van der Waals surface area contributed by atoms with E-state index in [1.807, 2.05) is 34.7 Å². The van der Waals surface area contributed by atoms with E-state index in [4.69, 9.17) is 5.73 Å². The van der Waals surface area contributed by atoms with Gasteiger partial charge in [0.25, 0.3) is 0 Å². The topological polar surface area (TPSA) is 98.7 Å². The van der Waals surface area contributed by atoms with Crippen molar-refractivity contribution in [2.75, 3.05) is 16.8 Å². The predicted molar refractivity (Wildman–Crippen MR) is 103 cm³/mol. The number of aryl methyl sites for hydroxylation is 4. The molecule has 0 unspecified atom stereocenters. The van der Waals surface area contributed by atoms with Crippen molar-refractivity contribution < 1.29 is 4.79 Å². The van der Waals surface area contributed by atoms with Crippen molar-refractivity contribution in [1.29, 1.82) is 0 Å². The number of nitrogens with zero attached hydrogens (tertiary/aromatic N) is 4. The Balaban J connectivity index is 1.73. The fourth-order valence-corrected chi connectivity index (χ4v) is 4.33. The third-order valence-electron chi connectivity index (χ3n) is 4.14. The number of nitrogens with two attached hydrogens (primary N) is 1. The van der Waals surface area contributed by atoms with E-state index >= 15 is 0 Å². The number of rotatable bonds is 4. The van der Waals surface area contributed by atoms with Gasteiger partial charge in [-0.05, 0) is 33.3 Å². The molecule has 0 atom stereocenters. The monoisotopic (exact) mass is 376 g/mol. The average molecular weight is 377 g/mol. The lowest BCUT2D eigenvalue weighted by atomic mass is 10.2. The Labute approximate surface area is 154 Å². The lowest BCUT2D eigenvalue weighted by Crippen LogP contribution is -2.15. The lowest BCUT2D eigenvalue weighted by Gasteiger charge is -2.06. The quantitative estimate of drug-likeness (QED) is 0.536. The zero-order valence-corrected chi connectivity index (χ0v) is 16.4. The van der Waals surface area contributed by atoms with Crippen LogP contribution in [0.4, 0.5) is 11.5 Å². The minimum absolute atomic E-state index is 0.120. The molecule has 3 N–H and O–H groups in total. The molecule has 0 bridgehead atoms. The largest absolute Gasteiger partial charge is 0.383 e. The number of aromatic nitrogens is 4. The van der Waals surface area contributed by atoms with Crippen molar-refractivity contribution in [2.45, 2.75) is 32.9 Å². The molecule has 132 valence electrons. The molecule has 3 aromatic heterocycles. The second kappa shape index (κ2) is 6.64. The van der Waals surface area contributed by atoms with Gasteiger partial charge in [0.15, 0.2) is 5.16 Å². The molecule has 0 aliphatic carbocycles. The first kappa shape index (κ1) is 17.7. The van der Waals surface area contributed by atoms with E-state index in [1.165, 1.54) is 16.6 Å². The van der Waals surface area contributed by atoms with Crippen molar-refractivity contribution in [3.63, 3.8) is 0 Å². The maximum atomic E-state index is 12.3. The maximum absolute atomic E-state index is 12.3. The van der Waals surface area contributed by atoms with Crippen LogP contribution in [0.3, 0.4) is 0 Å². The summed E-state index contributed by atoms with van der Waals surface area (Å²) in [5, 5.41) is 8.63. The normalized spacial score (nSPS) is 11.2. The number of nitrogens with one attached hydrogen (secondary N) is 1. The Hall–Kier alpha value is -2.13. The Morgan fingerprint density at radius 2 is 2.00 bits per heavy atom. The van der Waals surface area contributed by atoms with Crippen molar-refractivity contribution in [1.82, 2.24) is 19.7 Å². The third-order valence-corrected chi connectivity index (χ3v) is 6.09. The Kier molecular flexibility index (Phi) is 4.70. The number of carbonyl (C=O) groups is 1. The molecule has 1 amide bonds. The fourth-order valence-electron chi connectivity index (χ4n) is 2.58. The van der Waals surface area contributed by atoms with E-state index in [9.17, 15) is 4.79 Å². The highest BCUT2D eigenvalue weighted by atomic mass is 32.2. The van der Waals surface area contributed by atoms with Gasteiger partial charge in [-0.1, -0.05) is 11.8 Å². The first-order chi connectivity index (χ1) is 11.8. The molecule has 0 saturated heterocycles. The van der Waals surface area contributed by atoms with E-state index in [0.29, 0.717) is 11.0 Å². The zero-order chi connectivity index (χ0) is 18.3. The molecule has 0 aliphatic heterocycles. The van der Waals surface area contributed by atoms with E-state index in [0.717, 1.165) is 32.9 Å². The lowest BCUT2D eigenvalue weighted by molar-refractivity contribution is -0.113. The Morgan fingerprint density at radius 3 is 2.64 bits per heavy atom. The number of carbonyl (C=O) groups excluding carboxylic acids is 1. The molecule has 0 spiro atoms. The number of hydrogen-bond acceptors (Lipinski definition) is 7. The van der Waals surface area contributed by atoms with Gasteiger partial charge in [0.1, 0.15) is 10.6 Å². The van der Waals surface area contributed by atoms with Gasteiger partial charge in [-0.3, -0.25) is 9.48 Å². The first-order valence-corrected chi connectivity index (χ1v) is 9.54. The van der Waals surface area contributed by atoms with Crippen LogP contribution in [-0.2, 0) is 11.8 Å². The van der Waals surface area contributed by atoms with Gasteiger partial charge in [0.05, 0.1) is 28.2 Å². The van der Waals surface area contributed by atoms with Gasteiger partial charge in [-0.2, -0.15) is 5.10 Å². The summed E-state index contributed by atoms with van der Waals surface area (Å²) in [6.07, 6.45) is 0. The van der Waals surface area contributed by atoms with E-state index < -0.39 is 0 Å². The second-order valence-corrected chi connectivity index (χ2v) is 8.01. The van der Waals surface area contributed by atoms with E-state index in [2.05, 4.69) is 20.4 Å². The molecule has 25 heavy (non-hydrogen) atoms. The van der Waals surface area contributed by atoms with Crippen LogP contribution in [0.15, 0.2) is 5.16 Å². The summed E-state index contributed by atoms with van der Waals surface area (Å²) in [6, 6.07) is 0. The number of hydrogen-bond donors (Lipinski definition) is 2. The minimum Gasteiger partial charge on any atom is -0.383 e. The summed E-state index contributed by atoms with van der Waals surface area (Å²) in [7, 11) is 1.85. The van der Waals surface area contributed by atoms with Crippen molar-refractivity contribution in [3.05, 3.63) is 21.8 Å². The molecule has 0 saturated carbocycles. The smallest absolute Gasteiger partial charge is 0.234 e. The van der Waals surface area contributed by atoms with Crippen LogP contribution in [0.25, 0.3) is 10.2 Å². The maximum Gasteiger partial charge on any atom is 0.234 e. The van der Waals surface area contributed by atoms with Gasteiger partial charge in [0.2, 0.25) is 5.91 Å². The van der Waals surface area contributed by atoms with Gasteiger partial charge in [0, 0.05) is 11.9 Å². The number of fused-ring (bicyclic) bond motifs is 1. The van der Waals surface area contributed by atoms with Crippen LogP contribution >= 0.6 is 23.1 Å². The van der Waals surface area contributed by atoms with Crippen LogP contribution in [0, 0.1) is 27.7 Å². The molecular formula is C16H20N6OS2. The summed E-state index contributed by atoms with van der Waals surface area (Å²) in [5.74, 6) is 0.556. The molecular weight excluding hydrogens is 356 g/mol. The molecule has 0 aromatic carbocycles. The molecule has 7 nitrogen and oxygen atoms in total. The predicted octanol–water partition coefficient (Wildman–Crippen LogP) is 2.97. The molecule has 0 aliphatic rings. The van der Waals surface area contributed by atoms with Gasteiger partial charge in [-0.25, -0.2) is 9.97 Å². The van der Waals surface area contributed by atoms with Crippen molar-refractivity contribution >= 4 is 50.7 Å². The molecule has 0 radical (unpaired) electrons. The summed E-state index contributed by atoms with van der Waals surface area (Å²) in [6.45, 7) is 7.85. The number of thiophene rings is 1. The van der Waals surface area contributed by atoms with Crippen LogP contribution in [0.1, 0.15) is 21.8 Å². The zero-order valence-electron chi connectivity index (χ0n) is 14.8. The molecule has 3 rings (SSSR count). The van der Waals surface area contributed by atoms with Gasteiger partial charge in [-0.15, -0.1) is 11.3 Å². The standard InChI is InChI=1S/C16H20N6OS2/c1-7-10(4)25-15-12(7)14(17)19-16(20-15)24-6-11(23)18-13-8(2)21-22(5)9(13)3/h6H2,1-5H3,(H,18,23)(H2,17,19,20). The average Bonchev–Trinajstić information content (AvgIpc) is 2.96. The molecule has 3 aromatic rings. The van der Waals surface area contributed by atoms with Gasteiger partial charge >= 0.3 is 0 Å². The number of anilines is 2. The van der Waals surface area contributed by atoms with Crippen molar-refractivity contribution in [2.24, 2.45) is 7.05 Å². The highest BCUT2D eigenvalue weighted by Gasteiger charge is 2.15. The third kappa shape index (κ3) is 3.34. The molecule has 9 heteroatoms. The fraction of sp³-hybridized carbons (Fsp3) is 0.375. The summed E-state index contributed by atoms with van der Waals surface area (Å²) < 4.78 is 1.75. The highest BCUT2D eigenvalue weighted by Crippen LogP contribution is 2.33.